The third kappa shape index (κ3) is 1.94. The average Bonchev–Trinajstić information content (AvgIpc) is 3.16. The van der Waals surface area contributed by atoms with Crippen molar-refractivity contribution in [3.8, 4) is 23.0 Å². The molecule has 2 aliphatic heterocycles. The average molecular weight is 340 g/mol. The fourth-order valence-corrected chi connectivity index (χ4v) is 3.60. The molecule has 0 unspecified atom stereocenters. The molecule has 0 aliphatic carbocycles. The van der Waals surface area contributed by atoms with Crippen molar-refractivity contribution in [2.45, 2.75) is 61.5 Å². The molecule has 4 rings (SSSR count). The molecule has 2 aliphatic rings. The second-order valence-corrected chi connectivity index (χ2v) is 7.22. The van der Waals surface area contributed by atoms with E-state index in [2.05, 4.69) is 27.7 Å². The molecule has 0 radical (unpaired) electrons. The predicted octanol–water partition coefficient (Wildman–Crippen LogP) is 5.01. The Morgan fingerprint density at radius 2 is 0.560 bits per heavy atom. The number of fused-ring (bicyclic) bond motifs is 2. The fourth-order valence-electron chi connectivity index (χ4n) is 3.60. The Labute approximate surface area is 148 Å². The molecule has 0 saturated carbocycles. The summed E-state index contributed by atoms with van der Waals surface area (Å²) in [7, 11) is 0. The predicted molar refractivity (Wildman–Crippen MR) is 96.0 cm³/mol. The molecule has 4 heteroatoms. The van der Waals surface area contributed by atoms with Crippen LogP contribution in [0.5, 0.6) is 23.0 Å². The Hall–Kier alpha value is -2.36. The molecule has 0 bridgehead atoms. The zero-order valence-corrected chi connectivity index (χ0v) is 16.1. The van der Waals surface area contributed by atoms with Crippen LogP contribution in [0.25, 0.3) is 0 Å². The highest BCUT2D eigenvalue weighted by atomic mass is 17.0. The summed E-state index contributed by atoms with van der Waals surface area (Å²) >= 11 is 0. The minimum Gasteiger partial charge on any atom is -0.382 e. The molecular formula is C21H24O4. The summed E-state index contributed by atoms with van der Waals surface area (Å²) in [6, 6.07) is 0. The lowest BCUT2D eigenvalue weighted by molar-refractivity contribution is -0.330. The molecule has 1 spiro atoms. The van der Waals surface area contributed by atoms with Gasteiger partial charge in [-0.3, -0.25) is 0 Å². The summed E-state index contributed by atoms with van der Waals surface area (Å²) < 4.78 is 24.4. The smallest absolute Gasteiger partial charge is 0.382 e. The van der Waals surface area contributed by atoms with Crippen LogP contribution in [0, 0.1) is 55.4 Å². The highest BCUT2D eigenvalue weighted by Crippen LogP contribution is 2.53. The van der Waals surface area contributed by atoms with E-state index in [1.165, 1.54) is 22.3 Å². The topological polar surface area (TPSA) is 36.9 Å². The first kappa shape index (κ1) is 16.1. The summed E-state index contributed by atoms with van der Waals surface area (Å²) in [6.07, 6.45) is -1.56. The van der Waals surface area contributed by atoms with Crippen molar-refractivity contribution >= 4 is 0 Å². The quantitative estimate of drug-likeness (QED) is 0.676. The van der Waals surface area contributed by atoms with E-state index in [-0.39, 0.29) is 0 Å². The SMILES string of the molecule is Cc1c(C)c(C)c2c(c1C)OC1(O2)Oc2c(C)c(C)c(C)c(C)c2O1. The molecule has 0 saturated heterocycles. The van der Waals surface area contributed by atoms with Gasteiger partial charge in [0.25, 0.3) is 0 Å². The van der Waals surface area contributed by atoms with E-state index in [0.29, 0.717) is 23.0 Å². The maximum absolute atomic E-state index is 6.11. The first-order chi connectivity index (χ1) is 11.7. The Morgan fingerprint density at radius 3 is 0.760 bits per heavy atom. The van der Waals surface area contributed by atoms with E-state index in [1.54, 1.807) is 0 Å². The molecule has 0 fully saturated rings. The van der Waals surface area contributed by atoms with E-state index < -0.39 is 6.16 Å². The highest BCUT2D eigenvalue weighted by Gasteiger charge is 2.56. The maximum Gasteiger partial charge on any atom is 0.611 e. The molecule has 0 N–H and O–H groups in total. The largest absolute Gasteiger partial charge is 0.611 e. The van der Waals surface area contributed by atoms with Crippen LogP contribution in [0.4, 0.5) is 0 Å². The van der Waals surface area contributed by atoms with Crippen molar-refractivity contribution in [3.63, 3.8) is 0 Å². The summed E-state index contributed by atoms with van der Waals surface area (Å²) in [5.74, 6) is 2.82. The first-order valence-electron chi connectivity index (χ1n) is 8.63. The Morgan fingerprint density at radius 1 is 0.360 bits per heavy atom. The minimum atomic E-state index is -1.56. The number of benzene rings is 2. The van der Waals surface area contributed by atoms with Gasteiger partial charge >= 0.3 is 6.16 Å². The molecule has 0 atom stereocenters. The monoisotopic (exact) mass is 340 g/mol. The number of rotatable bonds is 0. The number of ether oxygens (including phenoxy) is 4. The molecule has 0 amide bonds. The summed E-state index contributed by atoms with van der Waals surface area (Å²) in [5, 5.41) is 0. The van der Waals surface area contributed by atoms with Gasteiger partial charge in [0.2, 0.25) is 0 Å². The van der Waals surface area contributed by atoms with Gasteiger partial charge in [0.15, 0.2) is 23.0 Å². The van der Waals surface area contributed by atoms with Gasteiger partial charge in [-0.25, -0.2) is 0 Å². The van der Waals surface area contributed by atoms with Gasteiger partial charge in [0, 0.05) is 0 Å². The molecule has 0 aromatic heterocycles. The van der Waals surface area contributed by atoms with E-state index in [0.717, 1.165) is 22.3 Å². The molecule has 4 nitrogen and oxygen atoms in total. The van der Waals surface area contributed by atoms with Gasteiger partial charge < -0.3 is 18.9 Å². The van der Waals surface area contributed by atoms with Crippen LogP contribution < -0.4 is 18.9 Å². The van der Waals surface area contributed by atoms with Crippen molar-refractivity contribution in [1.82, 2.24) is 0 Å². The van der Waals surface area contributed by atoms with Crippen molar-refractivity contribution in [2.24, 2.45) is 0 Å². The Kier molecular flexibility index (Phi) is 3.12. The minimum absolute atomic E-state index is 0.706. The van der Waals surface area contributed by atoms with Crippen LogP contribution in [0.2, 0.25) is 0 Å². The summed E-state index contributed by atoms with van der Waals surface area (Å²) in [4.78, 5) is 0. The van der Waals surface area contributed by atoms with Crippen LogP contribution in [0.3, 0.4) is 0 Å². The van der Waals surface area contributed by atoms with Crippen LogP contribution in [-0.4, -0.2) is 6.16 Å². The van der Waals surface area contributed by atoms with Gasteiger partial charge in [0.1, 0.15) is 0 Å². The van der Waals surface area contributed by atoms with Crippen LogP contribution in [0.1, 0.15) is 44.5 Å². The summed E-state index contributed by atoms with van der Waals surface area (Å²) in [5.41, 5.74) is 9.02. The van der Waals surface area contributed by atoms with Gasteiger partial charge in [-0.05, 0) is 99.9 Å². The van der Waals surface area contributed by atoms with Crippen molar-refractivity contribution in [1.29, 1.82) is 0 Å². The van der Waals surface area contributed by atoms with Crippen LogP contribution in [0.15, 0.2) is 0 Å². The van der Waals surface area contributed by atoms with Gasteiger partial charge in [-0.2, -0.15) is 0 Å². The molecule has 25 heavy (non-hydrogen) atoms. The van der Waals surface area contributed by atoms with E-state index in [1.807, 2.05) is 27.7 Å². The van der Waals surface area contributed by atoms with E-state index >= 15 is 0 Å². The second-order valence-electron chi connectivity index (χ2n) is 7.22. The molecule has 132 valence electrons. The van der Waals surface area contributed by atoms with E-state index in [4.69, 9.17) is 18.9 Å². The fraction of sp³-hybridized carbons (Fsp3) is 0.429. The molecule has 2 heterocycles. The van der Waals surface area contributed by atoms with Gasteiger partial charge in [0.05, 0.1) is 0 Å². The zero-order chi connectivity index (χ0) is 18.3. The van der Waals surface area contributed by atoms with Crippen molar-refractivity contribution in [2.75, 3.05) is 0 Å². The molecule has 2 aromatic carbocycles. The lowest BCUT2D eigenvalue weighted by Gasteiger charge is -2.18. The lowest BCUT2D eigenvalue weighted by atomic mass is 9.98. The highest BCUT2D eigenvalue weighted by molar-refractivity contribution is 5.63. The van der Waals surface area contributed by atoms with Crippen LogP contribution >= 0.6 is 0 Å². The zero-order valence-electron chi connectivity index (χ0n) is 16.1. The lowest BCUT2D eigenvalue weighted by Crippen LogP contribution is -2.47. The Bertz CT molecular complexity index is 785. The number of hydrogen-bond donors (Lipinski definition) is 0. The standard InChI is InChI=1S/C21H24O4/c1-9-10(2)14(6)18-17(13(9)5)22-21(23-18)24-19-15(7)11(3)12(4)16(8)20(19)25-21/h1-8H3. The van der Waals surface area contributed by atoms with Crippen molar-refractivity contribution < 1.29 is 18.9 Å². The third-order valence-corrected chi connectivity index (χ3v) is 6.06. The maximum atomic E-state index is 6.11. The molecule has 2 aromatic rings. The first-order valence-corrected chi connectivity index (χ1v) is 8.63. The number of hydrogen-bond acceptors (Lipinski definition) is 4. The van der Waals surface area contributed by atoms with Crippen molar-refractivity contribution in [3.05, 3.63) is 44.5 Å². The summed E-state index contributed by atoms with van der Waals surface area (Å²) in [6.45, 7) is 16.5. The van der Waals surface area contributed by atoms with Gasteiger partial charge in [-0.1, -0.05) is 0 Å². The third-order valence-electron chi connectivity index (χ3n) is 6.06. The Balaban J connectivity index is 1.83. The molecular weight excluding hydrogens is 316 g/mol. The van der Waals surface area contributed by atoms with Crippen LogP contribution in [-0.2, 0) is 0 Å². The normalized spacial score (nSPS) is 16.0. The van der Waals surface area contributed by atoms with E-state index in [9.17, 15) is 0 Å². The second kappa shape index (κ2) is 4.84. The van der Waals surface area contributed by atoms with Gasteiger partial charge in [-0.15, -0.1) is 0 Å².